The van der Waals surface area contributed by atoms with Crippen LogP contribution in [0.1, 0.15) is 30.4 Å². The van der Waals surface area contributed by atoms with Crippen molar-refractivity contribution < 1.29 is 14.5 Å². The van der Waals surface area contributed by atoms with E-state index in [1.807, 2.05) is 12.1 Å². The second-order valence-electron chi connectivity index (χ2n) is 11.1. The molecule has 1 spiro atoms. The second-order valence-corrected chi connectivity index (χ2v) is 11.1. The summed E-state index contributed by atoms with van der Waals surface area (Å²) in [5, 5.41) is 11.1. The first-order chi connectivity index (χ1) is 17.5. The van der Waals surface area contributed by atoms with E-state index in [0.29, 0.717) is 36.5 Å². The number of rotatable bonds is 3. The number of non-ortho nitro benzene ring substituents is 1. The average molecular weight is 483 g/mol. The molecule has 2 aromatic carbocycles. The number of carbonyl (C=O) groups excluding carboxylic acids is 1. The third-order valence-corrected chi connectivity index (χ3v) is 9.74. The van der Waals surface area contributed by atoms with Crippen molar-refractivity contribution in [2.24, 2.45) is 16.8 Å². The van der Waals surface area contributed by atoms with Crippen molar-refractivity contribution in [1.29, 1.82) is 0 Å². The van der Waals surface area contributed by atoms with Crippen molar-refractivity contribution in [3.05, 3.63) is 75.4 Å². The maximum Gasteiger partial charge on any atom is 0.270 e. The molecule has 5 heterocycles. The second kappa shape index (κ2) is 7.11. The number of anilines is 1. The molecule has 2 aromatic rings. The molecule has 6 atom stereocenters. The van der Waals surface area contributed by atoms with E-state index in [2.05, 4.69) is 28.0 Å². The lowest BCUT2D eigenvalue weighted by Gasteiger charge is -2.58. The topological polar surface area (TPSA) is 88.3 Å². The van der Waals surface area contributed by atoms with Crippen molar-refractivity contribution >= 4 is 29.2 Å². The van der Waals surface area contributed by atoms with Gasteiger partial charge in [0, 0.05) is 48.0 Å². The Balaban J connectivity index is 1.25. The van der Waals surface area contributed by atoms with Gasteiger partial charge in [0.1, 0.15) is 0 Å². The third kappa shape index (κ3) is 2.56. The van der Waals surface area contributed by atoms with Gasteiger partial charge in [-0.3, -0.25) is 24.8 Å². The zero-order valence-electron chi connectivity index (χ0n) is 19.7. The summed E-state index contributed by atoms with van der Waals surface area (Å²) in [4.78, 5) is 33.8. The number of fused-ring (bicyclic) bond motifs is 2. The Morgan fingerprint density at radius 2 is 2.14 bits per heavy atom. The molecule has 1 saturated carbocycles. The molecule has 8 nitrogen and oxygen atoms in total. The highest BCUT2D eigenvalue weighted by Gasteiger charge is 2.71. The van der Waals surface area contributed by atoms with Gasteiger partial charge in [0.2, 0.25) is 5.91 Å². The van der Waals surface area contributed by atoms with Gasteiger partial charge in [-0.15, -0.1) is 0 Å². The number of benzene rings is 2. The van der Waals surface area contributed by atoms with Crippen LogP contribution < -0.4 is 4.90 Å². The van der Waals surface area contributed by atoms with E-state index in [1.54, 1.807) is 12.3 Å². The van der Waals surface area contributed by atoms with Crippen LogP contribution in [-0.4, -0.2) is 59.8 Å². The smallest absolute Gasteiger partial charge is 0.270 e. The van der Waals surface area contributed by atoms with Crippen LogP contribution in [0, 0.1) is 22.0 Å². The molecule has 1 amide bonds. The quantitative estimate of drug-likeness (QED) is 0.288. The fraction of sp³-hybridized carbons (Fsp3) is 0.429. The van der Waals surface area contributed by atoms with E-state index < -0.39 is 4.92 Å². The zero-order valence-corrected chi connectivity index (χ0v) is 19.7. The maximum absolute atomic E-state index is 13.6. The van der Waals surface area contributed by atoms with Gasteiger partial charge in [0.15, 0.2) is 0 Å². The SMILES string of the molecule is O=C1C[C@H]2OCC=C3CN4CC[C@@]56c7cc(N=Cc8cccc([N+](=O)[O-])c8)ccc7N1[C@H]5[C@@H]2[C@H]3C[C@H]46. The number of piperidine rings is 2. The summed E-state index contributed by atoms with van der Waals surface area (Å²) >= 11 is 0. The van der Waals surface area contributed by atoms with Crippen LogP contribution in [-0.2, 0) is 14.9 Å². The van der Waals surface area contributed by atoms with Gasteiger partial charge in [0.05, 0.1) is 35.8 Å². The monoisotopic (exact) mass is 482 g/mol. The van der Waals surface area contributed by atoms with Crippen LogP contribution in [0.25, 0.3) is 0 Å². The summed E-state index contributed by atoms with van der Waals surface area (Å²) in [5.74, 6) is 0.998. The number of ether oxygens (including phenoxy) is 1. The molecular formula is C28H26N4O4. The molecule has 8 rings (SSSR count). The number of carbonyl (C=O) groups is 1. The molecule has 2 bridgehead atoms. The van der Waals surface area contributed by atoms with Crippen LogP contribution in [0.5, 0.6) is 0 Å². The molecule has 4 fully saturated rings. The van der Waals surface area contributed by atoms with E-state index >= 15 is 0 Å². The first kappa shape index (κ1) is 20.8. The van der Waals surface area contributed by atoms with Crippen molar-refractivity contribution in [2.45, 2.75) is 42.9 Å². The normalized spacial score (nSPS) is 35.6. The van der Waals surface area contributed by atoms with Gasteiger partial charge >= 0.3 is 0 Å². The van der Waals surface area contributed by atoms with Crippen molar-refractivity contribution in [3.8, 4) is 0 Å². The summed E-state index contributed by atoms with van der Waals surface area (Å²) in [6.07, 6.45) is 6.60. The fourth-order valence-corrected chi connectivity index (χ4v) is 8.49. The van der Waals surface area contributed by atoms with Gasteiger partial charge in [0.25, 0.3) is 5.69 Å². The van der Waals surface area contributed by atoms with Gasteiger partial charge in [-0.1, -0.05) is 23.8 Å². The van der Waals surface area contributed by atoms with Crippen molar-refractivity contribution in [2.75, 3.05) is 24.6 Å². The van der Waals surface area contributed by atoms with E-state index in [-0.39, 0.29) is 29.2 Å². The molecule has 0 N–H and O–H groups in total. The Morgan fingerprint density at radius 3 is 3.03 bits per heavy atom. The van der Waals surface area contributed by atoms with E-state index in [1.165, 1.54) is 23.3 Å². The Labute approximate surface area is 208 Å². The fourth-order valence-electron chi connectivity index (χ4n) is 8.49. The summed E-state index contributed by atoms with van der Waals surface area (Å²) in [6.45, 7) is 2.68. The number of aliphatic imine (C=N–C) groups is 1. The highest BCUT2D eigenvalue weighted by molar-refractivity contribution is 5.99. The third-order valence-electron chi connectivity index (χ3n) is 9.74. The largest absolute Gasteiger partial charge is 0.373 e. The minimum atomic E-state index is -0.392. The number of amides is 1. The summed E-state index contributed by atoms with van der Waals surface area (Å²) < 4.78 is 6.32. The van der Waals surface area contributed by atoms with Crippen LogP contribution in [0.3, 0.4) is 0 Å². The lowest BCUT2D eigenvalue weighted by molar-refractivity contribution is -0.384. The molecule has 8 heteroatoms. The zero-order chi connectivity index (χ0) is 24.2. The minimum absolute atomic E-state index is 0.0110. The van der Waals surface area contributed by atoms with Crippen molar-refractivity contribution in [3.63, 3.8) is 0 Å². The van der Waals surface area contributed by atoms with Gasteiger partial charge in [-0.05, 0) is 54.6 Å². The standard InChI is InChI=1S/C28H26N4O4/c33-25-13-23-26-20-12-24-28(7-8-30(24)15-17(20)6-9-36-23)21-11-18(4-5-22(21)31(25)27(26)28)29-14-16-2-1-3-19(10-16)32(34)35/h1-6,10-11,14,20,23-24,26-27H,7-9,12-13,15H2/t20-,23+,24-,26+,27-,28-/m0/s1. The van der Waals surface area contributed by atoms with Crippen LogP contribution in [0.15, 0.2) is 59.1 Å². The Kier molecular flexibility index (Phi) is 4.11. The summed E-state index contributed by atoms with van der Waals surface area (Å²) in [5.41, 5.74) is 5.26. The van der Waals surface area contributed by atoms with Crippen LogP contribution in [0.2, 0.25) is 0 Å². The highest BCUT2D eigenvalue weighted by atomic mass is 16.6. The molecule has 1 aliphatic carbocycles. The predicted molar refractivity (Wildman–Crippen MR) is 134 cm³/mol. The first-order valence-corrected chi connectivity index (χ1v) is 12.8. The molecule has 3 saturated heterocycles. The van der Waals surface area contributed by atoms with E-state index in [4.69, 9.17) is 9.73 Å². The Hall–Kier alpha value is -3.36. The molecule has 6 aliphatic rings. The highest BCUT2D eigenvalue weighted by Crippen LogP contribution is 2.66. The Morgan fingerprint density at radius 1 is 1.22 bits per heavy atom. The summed E-state index contributed by atoms with van der Waals surface area (Å²) in [6, 6.07) is 13.3. The first-order valence-electron chi connectivity index (χ1n) is 12.8. The van der Waals surface area contributed by atoms with Gasteiger partial charge < -0.3 is 9.64 Å². The molecule has 0 aromatic heterocycles. The number of nitro benzene ring substituents is 1. The van der Waals surface area contributed by atoms with Crippen LogP contribution in [0.4, 0.5) is 17.1 Å². The molecule has 5 aliphatic heterocycles. The number of nitro groups is 1. The van der Waals surface area contributed by atoms with Gasteiger partial charge in [-0.2, -0.15) is 0 Å². The molecular weight excluding hydrogens is 456 g/mol. The van der Waals surface area contributed by atoms with E-state index in [9.17, 15) is 14.9 Å². The lowest BCUT2D eigenvalue weighted by atomic mass is 9.53. The van der Waals surface area contributed by atoms with Crippen LogP contribution >= 0.6 is 0 Å². The molecule has 182 valence electrons. The lowest BCUT2D eigenvalue weighted by Crippen LogP contribution is -2.69. The molecule has 36 heavy (non-hydrogen) atoms. The average Bonchev–Trinajstić information content (AvgIpc) is 3.35. The maximum atomic E-state index is 13.6. The summed E-state index contributed by atoms with van der Waals surface area (Å²) in [7, 11) is 0. The number of hydrogen-bond donors (Lipinski definition) is 0. The van der Waals surface area contributed by atoms with Crippen molar-refractivity contribution in [1.82, 2.24) is 4.90 Å². The number of nitrogens with zero attached hydrogens (tertiary/aromatic N) is 4. The van der Waals surface area contributed by atoms with Gasteiger partial charge in [-0.25, -0.2) is 0 Å². The minimum Gasteiger partial charge on any atom is -0.373 e. The Bertz CT molecular complexity index is 1400. The predicted octanol–water partition coefficient (Wildman–Crippen LogP) is 3.75. The van der Waals surface area contributed by atoms with E-state index in [0.717, 1.165) is 37.3 Å². The molecule has 0 unspecified atom stereocenters. The molecule has 0 radical (unpaired) electrons. The number of hydrogen-bond acceptors (Lipinski definition) is 6.